The third kappa shape index (κ3) is 3.00. The average molecular weight is 400 g/mol. The Labute approximate surface area is 173 Å². The van der Waals surface area contributed by atoms with Crippen molar-refractivity contribution in [1.29, 1.82) is 0 Å². The van der Waals surface area contributed by atoms with E-state index in [2.05, 4.69) is 63.2 Å². The Kier molecular flexibility index (Phi) is 4.18. The Morgan fingerprint density at radius 3 is 2.41 bits per heavy atom. The molecule has 2 heterocycles. The minimum absolute atomic E-state index is 0.397. The Morgan fingerprint density at radius 1 is 0.862 bits per heavy atom. The zero-order valence-corrected chi connectivity index (χ0v) is 16.8. The summed E-state index contributed by atoms with van der Waals surface area (Å²) >= 11 is 6.18. The van der Waals surface area contributed by atoms with Gasteiger partial charge in [0.25, 0.3) is 0 Å². The highest BCUT2D eigenvalue weighted by atomic mass is 35.5. The van der Waals surface area contributed by atoms with Gasteiger partial charge >= 0.3 is 0 Å². The molecule has 5 nitrogen and oxygen atoms in total. The summed E-state index contributed by atoms with van der Waals surface area (Å²) < 4.78 is 2.14. The number of nitrogens with one attached hydrogen (secondary N) is 1. The van der Waals surface area contributed by atoms with Crippen LogP contribution in [0.25, 0.3) is 27.5 Å². The van der Waals surface area contributed by atoms with Gasteiger partial charge in [-0.3, -0.25) is 4.57 Å². The Morgan fingerprint density at radius 2 is 1.62 bits per heavy atom. The van der Waals surface area contributed by atoms with Crippen LogP contribution in [0.15, 0.2) is 67.0 Å². The Hall–Kier alpha value is -3.44. The number of aryl methyl sites for hydroxylation is 2. The van der Waals surface area contributed by atoms with Crippen molar-refractivity contribution in [2.75, 3.05) is 5.32 Å². The SMILES string of the molecule is Cc1cccc(C)c1-n1cnc2cc(Nc3nnc(Cl)c4ccccc34)ccc21. The number of hydrogen-bond acceptors (Lipinski definition) is 4. The lowest BCUT2D eigenvalue weighted by atomic mass is 10.1. The molecule has 0 atom stereocenters. The fourth-order valence-electron chi connectivity index (χ4n) is 3.75. The van der Waals surface area contributed by atoms with E-state index >= 15 is 0 Å². The van der Waals surface area contributed by atoms with Crippen LogP contribution in [0.5, 0.6) is 0 Å². The van der Waals surface area contributed by atoms with Crippen molar-refractivity contribution in [3.8, 4) is 5.69 Å². The first kappa shape index (κ1) is 17.6. The minimum Gasteiger partial charge on any atom is -0.338 e. The molecule has 0 amide bonds. The maximum Gasteiger partial charge on any atom is 0.161 e. The summed E-state index contributed by atoms with van der Waals surface area (Å²) in [7, 11) is 0. The van der Waals surface area contributed by atoms with E-state index in [0.29, 0.717) is 11.0 Å². The van der Waals surface area contributed by atoms with E-state index in [0.717, 1.165) is 27.5 Å². The number of imidazole rings is 1. The monoisotopic (exact) mass is 399 g/mol. The molecule has 0 aliphatic heterocycles. The van der Waals surface area contributed by atoms with Gasteiger partial charge in [0, 0.05) is 16.5 Å². The van der Waals surface area contributed by atoms with Crippen LogP contribution in [0.3, 0.4) is 0 Å². The van der Waals surface area contributed by atoms with E-state index in [-0.39, 0.29) is 0 Å². The normalized spacial score (nSPS) is 11.3. The van der Waals surface area contributed by atoms with Crippen molar-refractivity contribution in [2.24, 2.45) is 0 Å². The van der Waals surface area contributed by atoms with E-state index in [9.17, 15) is 0 Å². The van der Waals surface area contributed by atoms with E-state index in [1.807, 2.05) is 42.7 Å². The molecule has 0 unspecified atom stereocenters. The number of rotatable bonds is 3. The van der Waals surface area contributed by atoms with Gasteiger partial charge < -0.3 is 5.32 Å². The molecule has 5 aromatic rings. The summed E-state index contributed by atoms with van der Waals surface area (Å²) in [4.78, 5) is 4.62. The quantitative estimate of drug-likeness (QED) is 0.405. The first-order valence-corrected chi connectivity index (χ1v) is 9.71. The summed E-state index contributed by atoms with van der Waals surface area (Å²) in [6.07, 6.45) is 1.88. The zero-order valence-electron chi connectivity index (χ0n) is 16.0. The van der Waals surface area contributed by atoms with Crippen LogP contribution in [0.2, 0.25) is 5.15 Å². The second-order valence-corrected chi connectivity index (χ2v) is 7.43. The van der Waals surface area contributed by atoms with Crippen LogP contribution in [-0.2, 0) is 0 Å². The number of fused-ring (bicyclic) bond motifs is 2. The van der Waals surface area contributed by atoms with Crippen molar-refractivity contribution in [2.45, 2.75) is 13.8 Å². The van der Waals surface area contributed by atoms with Crippen LogP contribution >= 0.6 is 11.6 Å². The second-order valence-electron chi connectivity index (χ2n) is 7.07. The van der Waals surface area contributed by atoms with E-state index < -0.39 is 0 Å². The van der Waals surface area contributed by atoms with Crippen LogP contribution in [0.4, 0.5) is 11.5 Å². The highest BCUT2D eigenvalue weighted by molar-refractivity contribution is 6.34. The zero-order chi connectivity index (χ0) is 20.0. The van der Waals surface area contributed by atoms with Gasteiger partial charge in [-0.2, -0.15) is 0 Å². The molecular weight excluding hydrogens is 382 g/mol. The molecule has 1 N–H and O–H groups in total. The van der Waals surface area contributed by atoms with Crippen LogP contribution in [-0.4, -0.2) is 19.7 Å². The molecule has 29 heavy (non-hydrogen) atoms. The molecule has 0 aliphatic carbocycles. The standard InChI is InChI=1S/C23H18ClN5/c1-14-6-5-7-15(2)21(14)29-13-25-19-12-16(10-11-20(19)29)26-23-18-9-4-3-8-17(18)22(24)27-28-23/h3-13H,1-2H3,(H,26,28). The Balaban J connectivity index is 1.57. The van der Waals surface area contributed by atoms with Crippen LogP contribution < -0.4 is 5.32 Å². The predicted molar refractivity (Wildman–Crippen MR) is 118 cm³/mol. The van der Waals surface area contributed by atoms with Gasteiger partial charge in [0.2, 0.25) is 0 Å². The molecule has 2 aromatic heterocycles. The average Bonchev–Trinajstić information content (AvgIpc) is 3.13. The molecule has 0 radical (unpaired) electrons. The van der Waals surface area contributed by atoms with Crippen molar-refractivity contribution in [1.82, 2.24) is 19.7 Å². The number of nitrogens with zero attached hydrogens (tertiary/aromatic N) is 4. The lowest BCUT2D eigenvalue weighted by molar-refractivity contribution is 1.05. The molecule has 0 spiro atoms. The number of anilines is 2. The molecule has 0 aliphatic rings. The summed E-state index contributed by atoms with van der Waals surface area (Å²) in [5, 5.41) is 13.8. The first-order valence-electron chi connectivity index (χ1n) is 9.33. The molecule has 5 rings (SSSR count). The lowest BCUT2D eigenvalue weighted by Gasteiger charge is -2.12. The number of halogens is 1. The largest absolute Gasteiger partial charge is 0.338 e. The molecule has 142 valence electrons. The van der Waals surface area contributed by atoms with E-state index in [1.165, 1.54) is 16.8 Å². The van der Waals surface area contributed by atoms with Gasteiger partial charge in [-0.05, 0) is 43.2 Å². The third-order valence-corrected chi connectivity index (χ3v) is 5.41. The minimum atomic E-state index is 0.397. The molecule has 0 bridgehead atoms. The van der Waals surface area contributed by atoms with Crippen LogP contribution in [0, 0.1) is 13.8 Å². The maximum absolute atomic E-state index is 6.18. The second kappa shape index (κ2) is 6.87. The highest BCUT2D eigenvalue weighted by Gasteiger charge is 2.11. The molecule has 0 saturated carbocycles. The van der Waals surface area contributed by atoms with Gasteiger partial charge in [-0.1, -0.05) is 54.1 Å². The number of para-hydroxylation sites is 1. The fourth-order valence-corrected chi connectivity index (χ4v) is 3.96. The first-order chi connectivity index (χ1) is 14.1. The van der Waals surface area contributed by atoms with E-state index in [1.54, 1.807) is 0 Å². The molecule has 3 aromatic carbocycles. The summed E-state index contributed by atoms with van der Waals surface area (Å²) in [5.41, 5.74) is 6.46. The van der Waals surface area contributed by atoms with Gasteiger partial charge in [0.05, 0.1) is 16.7 Å². The highest BCUT2D eigenvalue weighted by Crippen LogP contribution is 2.30. The number of benzene rings is 3. The van der Waals surface area contributed by atoms with Crippen LogP contribution in [0.1, 0.15) is 11.1 Å². The molecule has 6 heteroatoms. The van der Waals surface area contributed by atoms with Crippen molar-refractivity contribution in [3.05, 3.63) is 83.3 Å². The number of hydrogen-bond donors (Lipinski definition) is 1. The lowest BCUT2D eigenvalue weighted by Crippen LogP contribution is -1.99. The fraction of sp³-hybridized carbons (Fsp3) is 0.0870. The molecule has 0 saturated heterocycles. The van der Waals surface area contributed by atoms with Gasteiger partial charge in [0.15, 0.2) is 11.0 Å². The van der Waals surface area contributed by atoms with Crippen molar-refractivity contribution in [3.63, 3.8) is 0 Å². The molecule has 0 fully saturated rings. The topological polar surface area (TPSA) is 55.6 Å². The smallest absolute Gasteiger partial charge is 0.161 e. The van der Waals surface area contributed by atoms with Gasteiger partial charge in [-0.25, -0.2) is 4.98 Å². The summed E-state index contributed by atoms with van der Waals surface area (Å²) in [6, 6.07) is 20.2. The summed E-state index contributed by atoms with van der Waals surface area (Å²) in [6.45, 7) is 4.24. The third-order valence-electron chi connectivity index (χ3n) is 5.13. The van der Waals surface area contributed by atoms with Crippen molar-refractivity contribution < 1.29 is 0 Å². The maximum atomic E-state index is 6.18. The van der Waals surface area contributed by atoms with E-state index in [4.69, 9.17) is 11.6 Å². The van der Waals surface area contributed by atoms with Gasteiger partial charge in [0.1, 0.15) is 6.33 Å². The van der Waals surface area contributed by atoms with Crippen molar-refractivity contribution >= 4 is 44.9 Å². The van der Waals surface area contributed by atoms with Gasteiger partial charge in [-0.15, -0.1) is 10.2 Å². The number of aromatic nitrogens is 4. The predicted octanol–water partition coefficient (Wildman–Crippen LogP) is 5.98. The Bertz CT molecular complexity index is 1350. The summed E-state index contributed by atoms with van der Waals surface area (Å²) in [5.74, 6) is 0.665. The molecular formula is C23H18ClN5.